The lowest BCUT2D eigenvalue weighted by Gasteiger charge is -2.29. The van der Waals surface area contributed by atoms with Gasteiger partial charge in [0.25, 0.3) is 0 Å². The number of fused-ring (bicyclic) bond motifs is 1. The number of nitrogens with one attached hydrogen (secondary N) is 1. The van der Waals surface area contributed by atoms with E-state index in [0.29, 0.717) is 6.61 Å². The van der Waals surface area contributed by atoms with Gasteiger partial charge in [-0.05, 0) is 55.4 Å². The third-order valence-corrected chi connectivity index (χ3v) is 4.33. The van der Waals surface area contributed by atoms with Crippen LogP contribution in [0.5, 0.6) is 0 Å². The summed E-state index contributed by atoms with van der Waals surface area (Å²) >= 11 is 0. The quantitative estimate of drug-likeness (QED) is 0.813. The Morgan fingerprint density at radius 2 is 2.20 bits per heavy atom. The van der Waals surface area contributed by atoms with Crippen LogP contribution in [-0.2, 0) is 16.0 Å². The summed E-state index contributed by atoms with van der Waals surface area (Å²) in [5.74, 6) is 0.155. The predicted octanol–water partition coefficient (Wildman–Crippen LogP) is 2.19. The highest BCUT2D eigenvalue weighted by molar-refractivity contribution is 5.79. The summed E-state index contributed by atoms with van der Waals surface area (Å²) in [6.45, 7) is 1.35. The molecule has 108 valence electrons. The van der Waals surface area contributed by atoms with Crippen molar-refractivity contribution in [2.24, 2.45) is 5.92 Å². The second-order valence-electron chi connectivity index (χ2n) is 5.83. The van der Waals surface area contributed by atoms with E-state index < -0.39 is 0 Å². The smallest absolute Gasteiger partial charge is 0.225 e. The Bertz CT molecular complexity index is 495. The summed E-state index contributed by atoms with van der Waals surface area (Å²) in [7, 11) is 0. The Balaban J connectivity index is 1.71. The fourth-order valence-electron chi connectivity index (χ4n) is 3.22. The van der Waals surface area contributed by atoms with Crippen molar-refractivity contribution in [1.82, 2.24) is 5.32 Å². The first-order valence-corrected chi connectivity index (χ1v) is 7.50. The molecule has 0 bridgehead atoms. The SMILES string of the molecule is Nc1ccc2c(c1)CCCC2NC(=O)C1CCCOC1. The largest absolute Gasteiger partial charge is 0.399 e. The van der Waals surface area contributed by atoms with E-state index in [0.717, 1.165) is 44.4 Å². The Morgan fingerprint density at radius 1 is 1.30 bits per heavy atom. The Kier molecular flexibility index (Phi) is 3.92. The molecular weight excluding hydrogens is 252 g/mol. The zero-order chi connectivity index (χ0) is 13.9. The molecule has 2 atom stereocenters. The lowest BCUT2D eigenvalue weighted by atomic mass is 9.87. The van der Waals surface area contributed by atoms with Crippen LogP contribution in [0.15, 0.2) is 18.2 Å². The fourth-order valence-corrected chi connectivity index (χ4v) is 3.22. The van der Waals surface area contributed by atoms with Crippen LogP contribution in [0.1, 0.15) is 42.9 Å². The standard InChI is InChI=1S/C16H22N2O2/c17-13-6-7-14-11(9-13)3-1-5-15(14)18-16(19)12-4-2-8-20-10-12/h6-7,9,12,15H,1-5,8,10,17H2,(H,18,19). The van der Waals surface area contributed by atoms with Gasteiger partial charge < -0.3 is 15.8 Å². The van der Waals surface area contributed by atoms with Gasteiger partial charge >= 0.3 is 0 Å². The second kappa shape index (κ2) is 5.83. The Morgan fingerprint density at radius 3 is 3.00 bits per heavy atom. The minimum atomic E-state index is 0.0166. The molecule has 1 fully saturated rings. The zero-order valence-electron chi connectivity index (χ0n) is 11.7. The van der Waals surface area contributed by atoms with Gasteiger partial charge in [-0.2, -0.15) is 0 Å². The van der Waals surface area contributed by atoms with E-state index in [2.05, 4.69) is 11.4 Å². The van der Waals surface area contributed by atoms with E-state index >= 15 is 0 Å². The van der Waals surface area contributed by atoms with E-state index in [1.165, 1.54) is 11.1 Å². The molecule has 0 radical (unpaired) electrons. The minimum Gasteiger partial charge on any atom is -0.399 e. The van der Waals surface area contributed by atoms with E-state index in [4.69, 9.17) is 10.5 Å². The van der Waals surface area contributed by atoms with Crippen molar-refractivity contribution in [2.75, 3.05) is 18.9 Å². The van der Waals surface area contributed by atoms with Gasteiger partial charge in [0.2, 0.25) is 5.91 Å². The van der Waals surface area contributed by atoms with Crippen LogP contribution in [0.25, 0.3) is 0 Å². The molecule has 2 unspecified atom stereocenters. The average Bonchev–Trinajstić information content (AvgIpc) is 2.48. The molecule has 1 aromatic rings. The number of amides is 1. The number of benzene rings is 1. The Hall–Kier alpha value is -1.55. The molecule has 1 saturated heterocycles. The molecular formula is C16H22N2O2. The number of carbonyl (C=O) groups is 1. The number of rotatable bonds is 2. The van der Waals surface area contributed by atoms with Gasteiger partial charge in [-0.3, -0.25) is 4.79 Å². The Labute approximate surface area is 119 Å². The number of ether oxygens (including phenoxy) is 1. The van der Waals surface area contributed by atoms with Gasteiger partial charge in [-0.15, -0.1) is 0 Å². The molecule has 1 aromatic carbocycles. The molecule has 0 spiro atoms. The maximum absolute atomic E-state index is 12.3. The first-order chi connectivity index (χ1) is 9.74. The van der Waals surface area contributed by atoms with Crippen molar-refractivity contribution < 1.29 is 9.53 Å². The summed E-state index contributed by atoms with van der Waals surface area (Å²) in [6.07, 6.45) is 5.08. The van der Waals surface area contributed by atoms with Crippen LogP contribution in [0, 0.1) is 5.92 Å². The monoisotopic (exact) mass is 274 g/mol. The van der Waals surface area contributed by atoms with Crippen molar-refractivity contribution in [3.63, 3.8) is 0 Å². The molecule has 1 aliphatic heterocycles. The summed E-state index contributed by atoms with van der Waals surface area (Å²) in [4.78, 5) is 12.3. The van der Waals surface area contributed by atoms with Crippen LogP contribution >= 0.6 is 0 Å². The van der Waals surface area contributed by atoms with Gasteiger partial charge in [0.15, 0.2) is 0 Å². The zero-order valence-corrected chi connectivity index (χ0v) is 11.7. The van der Waals surface area contributed by atoms with E-state index in [-0.39, 0.29) is 17.9 Å². The molecule has 2 aliphatic rings. The topological polar surface area (TPSA) is 64.3 Å². The molecule has 1 aliphatic carbocycles. The lowest BCUT2D eigenvalue weighted by molar-refractivity contribution is -0.129. The van der Waals surface area contributed by atoms with Crippen molar-refractivity contribution in [1.29, 1.82) is 0 Å². The molecule has 4 heteroatoms. The first-order valence-electron chi connectivity index (χ1n) is 7.50. The van der Waals surface area contributed by atoms with E-state index in [9.17, 15) is 4.79 Å². The molecule has 1 heterocycles. The number of hydrogen-bond donors (Lipinski definition) is 2. The van der Waals surface area contributed by atoms with Crippen molar-refractivity contribution in [3.8, 4) is 0 Å². The van der Waals surface area contributed by atoms with Crippen LogP contribution in [0.4, 0.5) is 5.69 Å². The van der Waals surface area contributed by atoms with E-state index in [1.807, 2.05) is 12.1 Å². The first kappa shape index (κ1) is 13.4. The van der Waals surface area contributed by atoms with Crippen LogP contribution in [0.3, 0.4) is 0 Å². The number of carbonyl (C=O) groups excluding carboxylic acids is 1. The third-order valence-electron chi connectivity index (χ3n) is 4.33. The fraction of sp³-hybridized carbons (Fsp3) is 0.562. The van der Waals surface area contributed by atoms with Gasteiger partial charge in [0.05, 0.1) is 18.6 Å². The number of hydrogen-bond acceptors (Lipinski definition) is 3. The normalized spacial score (nSPS) is 25.8. The van der Waals surface area contributed by atoms with Gasteiger partial charge in [0, 0.05) is 12.3 Å². The number of nitrogen functional groups attached to an aromatic ring is 1. The van der Waals surface area contributed by atoms with Crippen LogP contribution in [0.2, 0.25) is 0 Å². The molecule has 0 aromatic heterocycles. The highest BCUT2D eigenvalue weighted by Crippen LogP contribution is 2.31. The van der Waals surface area contributed by atoms with Crippen molar-refractivity contribution in [2.45, 2.75) is 38.1 Å². The molecule has 4 nitrogen and oxygen atoms in total. The lowest BCUT2D eigenvalue weighted by Crippen LogP contribution is -2.38. The maximum atomic E-state index is 12.3. The number of nitrogens with two attached hydrogens (primary N) is 1. The number of anilines is 1. The highest BCUT2D eigenvalue weighted by Gasteiger charge is 2.27. The number of aryl methyl sites for hydroxylation is 1. The van der Waals surface area contributed by atoms with Gasteiger partial charge in [-0.25, -0.2) is 0 Å². The summed E-state index contributed by atoms with van der Waals surface area (Å²) in [6, 6.07) is 6.16. The molecule has 1 amide bonds. The molecule has 3 rings (SSSR count). The van der Waals surface area contributed by atoms with Gasteiger partial charge in [-0.1, -0.05) is 6.07 Å². The average molecular weight is 274 g/mol. The maximum Gasteiger partial charge on any atom is 0.225 e. The molecule has 0 saturated carbocycles. The second-order valence-corrected chi connectivity index (χ2v) is 5.83. The van der Waals surface area contributed by atoms with Crippen LogP contribution < -0.4 is 11.1 Å². The predicted molar refractivity (Wildman–Crippen MR) is 78.2 cm³/mol. The molecule has 3 N–H and O–H groups in total. The summed E-state index contributed by atoms with van der Waals surface area (Å²) in [5, 5.41) is 3.20. The van der Waals surface area contributed by atoms with E-state index in [1.54, 1.807) is 0 Å². The van der Waals surface area contributed by atoms with Crippen molar-refractivity contribution in [3.05, 3.63) is 29.3 Å². The highest BCUT2D eigenvalue weighted by atomic mass is 16.5. The van der Waals surface area contributed by atoms with Crippen LogP contribution in [-0.4, -0.2) is 19.1 Å². The molecule has 20 heavy (non-hydrogen) atoms. The summed E-state index contributed by atoms with van der Waals surface area (Å²) < 4.78 is 5.40. The minimum absolute atomic E-state index is 0.0166. The van der Waals surface area contributed by atoms with Gasteiger partial charge in [0.1, 0.15) is 0 Å². The summed E-state index contributed by atoms with van der Waals surface area (Å²) in [5.41, 5.74) is 9.15. The third kappa shape index (κ3) is 2.80. The van der Waals surface area contributed by atoms with Crippen molar-refractivity contribution >= 4 is 11.6 Å².